The Morgan fingerprint density at radius 2 is 1.84 bits per heavy atom. The largest absolute Gasteiger partial charge is 0.545 e. The number of carboxylic acids is 1. The first-order valence-corrected chi connectivity index (χ1v) is 14.5. The lowest BCUT2D eigenvalue weighted by molar-refractivity contribution is -0.384. The molecule has 14 nitrogen and oxygen atoms in total. The normalized spacial score (nSPS) is 24.8. The number of aliphatic hydroxyl groups excluding tert-OH is 1. The van der Waals surface area contributed by atoms with Gasteiger partial charge in [-0.25, -0.2) is 9.59 Å². The Morgan fingerprint density at radius 1 is 1.14 bits per heavy atom. The zero-order chi connectivity index (χ0) is 31.9. The van der Waals surface area contributed by atoms with E-state index in [0.717, 1.165) is 24.3 Å². The summed E-state index contributed by atoms with van der Waals surface area (Å²) in [4.78, 5) is 75.2. The van der Waals surface area contributed by atoms with Crippen LogP contribution in [0.25, 0.3) is 0 Å². The van der Waals surface area contributed by atoms with Gasteiger partial charge in [0, 0.05) is 40.4 Å². The first-order valence-electron chi connectivity index (χ1n) is 13.7. The van der Waals surface area contributed by atoms with Crippen LogP contribution in [0.3, 0.4) is 0 Å². The predicted octanol–water partition coefficient (Wildman–Crippen LogP) is 0.813. The molecule has 5 rings (SSSR count). The molecule has 3 aliphatic heterocycles. The molecule has 230 valence electrons. The number of amides is 2. The summed E-state index contributed by atoms with van der Waals surface area (Å²) in [5.41, 5.74) is -0.260. The molecule has 0 saturated carbocycles. The third-order valence-electron chi connectivity index (χ3n) is 7.87. The van der Waals surface area contributed by atoms with Crippen LogP contribution in [0.2, 0.25) is 0 Å². The van der Waals surface area contributed by atoms with Crippen LogP contribution < -0.4 is 15.7 Å². The van der Waals surface area contributed by atoms with Crippen molar-refractivity contribution in [2.24, 2.45) is 11.8 Å². The number of thioether (sulfide) groups is 1. The van der Waals surface area contributed by atoms with Gasteiger partial charge in [-0.05, 0) is 43.2 Å². The van der Waals surface area contributed by atoms with Crippen molar-refractivity contribution in [3.05, 3.63) is 80.4 Å². The van der Waals surface area contributed by atoms with E-state index >= 15 is 0 Å². The van der Waals surface area contributed by atoms with E-state index in [1.165, 1.54) is 41.8 Å². The number of benzene rings is 2. The maximum atomic E-state index is 13.4. The number of carbonyl (C=O) groups is 5. The first kappa shape index (κ1) is 30.8. The number of esters is 2. The number of carboxylic acid groups (broad SMARTS) is 1. The number of aromatic carboxylic acids is 1. The minimum absolute atomic E-state index is 0.0843. The highest BCUT2D eigenvalue weighted by Crippen LogP contribution is 2.52. The second-order valence-electron chi connectivity index (χ2n) is 10.7. The number of hydrogen-bond acceptors (Lipinski definition) is 12. The molecule has 5 unspecified atom stereocenters. The van der Waals surface area contributed by atoms with E-state index < -0.39 is 64.7 Å². The van der Waals surface area contributed by atoms with Crippen molar-refractivity contribution in [1.82, 2.24) is 10.2 Å². The molecular formula is C29H27N4O10S-. The molecule has 3 aliphatic rings. The molecule has 44 heavy (non-hydrogen) atoms. The number of non-ortho nitro benzene ring substituents is 1. The molecule has 0 radical (unpaired) electrons. The Hall–Kier alpha value is -4.60. The number of nitro groups is 1. The number of nitrogens with zero attached hydrogens (tertiary/aromatic N) is 2. The summed E-state index contributed by atoms with van der Waals surface area (Å²) in [5.74, 6) is -5.53. The van der Waals surface area contributed by atoms with Crippen LogP contribution in [0, 0.1) is 22.0 Å². The monoisotopic (exact) mass is 623 g/mol. The number of carbonyl (C=O) groups excluding carboxylic acids is 5. The van der Waals surface area contributed by atoms with Crippen LogP contribution in [-0.4, -0.2) is 74.6 Å². The number of aliphatic hydroxyl groups is 1. The van der Waals surface area contributed by atoms with Crippen LogP contribution in [0.5, 0.6) is 0 Å². The molecule has 0 aliphatic carbocycles. The van der Waals surface area contributed by atoms with Gasteiger partial charge in [-0.1, -0.05) is 19.1 Å². The predicted molar refractivity (Wildman–Crippen MR) is 153 cm³/mol. The molecule has 2 saturated heterocycles. The number of rotatable bonds is 9. The van der Waals surface area contributed by atoms with Crippen LogP contribution in [-0.2, 0) is 19.1 Å². The summed E-state index contributed by atoms with van der Waals surface area (Å²) in [5, 5.41) is 37.9. The number of fused-ring (bicyclic) bond motifs is 1. The van der Waals surface area contributed by atoms with E-state index in [2.05, 4.69) is 10.6 Å². The second kappa shape index (κ2) is 12.2. The Bertz CT molecular complexity index is 1590. The highest BCUT2D eigenvalue weighted by Gasteiger charge is 2.60. The summed E-state index contributed by atoms with van der Waals surface area (Å²) in [7, 11) is 0. The Labute approximate surface area is 254 Å². The van der Waals surface area contributed by atoms with Gasteiger partial charge in [-0.2, -0.15) is 0 Å². The van der Waals surface area contributed by atoms with Crippen molar-refractivity contribution >= 4 is 52.9 Å². The van der Waals surface area contributed by atoms with Gasteiger partial charge in [-0.3, -0.25) is 19.7 Å². The minimum Gasteiger partial charge on any atom is -0.545 e. The summed E-state index contributed by atoms with van der Waals surface area (Å²) < 4.78 is 5.11. The highest BCUT2D eigenvalue weighted by atomic mass is 32.2. The second-order valence-corrected chi connectivity index (χ2v) is 12.1. The van der Waals surface area contributed by atoms with Gasteiger partial charge < -0.3 is 35.3 Å². The summed E-state index contributed by atoms with van der Waals surface area (Å²) >= 11 is 1.27. The highest BCUT2D eigenvalue weighted by molar-refractivity contribution is 8.03. The van der Waals surface area contributed by atoms with Crippen LogP contribution >= 0.6 is 11.8 Å². The van der Waals surface area contributed by atoms with Gasteiger partial charge in [0.15, 0.2) is 0 Å². The molecule has 6 atom stereocenters. The Balaban J connectivity index is 1.32. The van der Waals surface area contributed by atoms with Crippen molar-refractivity contribution < 1.29 is 43.8 Å². The first-order chi connectivity index (χ1) is 20.9. The fraction of sp³-hybridized carbons (Fsp3) is 0.345. The Kier molecular flexibility index (Phi) is 8.54. The summed E-state index contributed by atoms with van der Waals surface area (Å²) in [6.45, 7) is 3.65. The van der Waals surface area contributed by atoms with Crippen molar-refractivity contribution in [3.8, 4) is 0 Å². The fourth-order valence-corrected chi connectivity index (χ4v) is 7.18. The molecule has 2 aromatic rings. The van der Waals surface area contributed by atoms with Crippen molar-refractivity contribution in [2.45, 2.75) is 43.7 Å². The zero-order valence-electron chi connectivity index (χ0n) is 23.4. The van der Waals surface area contributed by atoms with E-state index in [4.69, 9.17) is 4.74 Å². The molecule has 15 heteroatoms. The number of anilines is 1. The summed E-state index contributed by atoms with van der Waals surface area (Å²) in [6.07, 6.45) is -0.652. The molecule has 0 aromatic heterocycles. The van der Waals surface area contributed by atoms with E-state index in [9.17, 15) is 44.3 Å². The molecule has 0 bridgehead atoms. The van der Waals surface area contributed by atoms with Gasteiger partial charge >= 0.3 is 11.9 Å². The topological polar surface area (TPSA) is 208 Å². The van der Waals surface area contributed by atoms with Gasteiger partial charge in [0.1, 0.15) is 5.70 Å². The molecule has 3 heterocycles. The standard InChI is InChI=1S/C29H28N4O10S/c1-13-22-21(14(2)34)26(36)32(22)23(29(40)43-28(39)15-6-8-18(9-7-15)33(41)42)24(13)44-19-11-20(30-12-19)25(35)31-17-5-3-4-16(10-17)27(37)38/h3-10,13-14,19-22,30,34H,11-12H2,1-2H3,(H,31,35)(H,37,38)/p-1/t13?,14?,19?,20-,21?,22?/m1/s1. The quantitative estimate of drug-likeness (QED) is 0.117. The number of hydrogen-bond donors (Lipinski definition) is 3. The smallest absolute Gasteiger partial charge is 0.363 e. The third-order valence-corrected chi connectivity index (χ3v) is 9.38. The van der Waals surface area contributed by atoms with Gasteiger partial charge in [0.2, 0.25) is 11.8 Å². The van der Waals surface area contributed by atoms with Crippen molar-refractivity contribution in [2.75, 3.05) is 11.9 Å². The number of nitro benzene ring substituents is 1. The lowest BCUT2D eigenvalue weighted by atomic mass is 9.79. The van der Waals surface area contributed by atoms with E-state index in [0.29, 0.717) is 17.9 Å². The van der Waals surface area contributed by atoms with E-state index in [-0.39, 0.29) is 33.4 Å². The minimum atomic E-state index is -1.37. The molecule has 2 aromatic carbocycles. The lowest BCUT2D eigenvalue weighted by Gasteiger charge is -2.46. The fourth-order valence-electron chi connectivity index (χ4n) is 5.71. The number of β-lactam (4-membered cyclic amide) rings is 1. The van der Waals surface area contributed by atoms with Gasteiger partial charge in [0.05, 0.1) is 40.6 Å². The van der Waals surface area contributed by atoms with Crippen LogP contribution in [0.15, 0.2) is 59.1 Å². The van der Waals surface area contributed by atoms with Crippen LogP contribution in [0.1, 0.15) is 41.0 Å². The SMILES string of the molecule is CC(O)C1C(=O)N2C(C(=O)OC(=O)c3ccc([N+](=O)[O-])cc3)=C(SC3CN[C@@H](C(=O)Nc4cccc(C(=O)[O-])c4)C3)C(C)C12. The number of nitrogens with one attached hydrogen (secondary N) is 2. The molecule has 0 spiro atoms. The Morgan fingerprint density at radius 3 is 2.48 bits per heavy atom. The van der Waals surface area contributed by atoms with Crippen molar-refractivity contribution in [3.63, 3.8) is 0 Å². The van der Waals surface area contributed by atoms with Gasteiger partial charge in [0.25, 0.3) is 5.69 Å². The third kappa shape index (κ3) is 5.80. The summed E-state index contributed by atoms with van der Waals surface area (Å²) in [6, 6.07) is 8.99. The lowest BCUT2D eigenvalue weighted by Crippen LogP contribution is -2.63. The maximum absolute atomic E-state index is 13.4. The molecule has 2 fully saturated rings. The molecular weight excluding hydrogens is 596 g/mol. The van der Waals surface area contributed by atoms with E-state index in [1.807, 2.05) is 0 Å². The zero-order valence-corrected chi connectivity index (χ0v) is 24.2. The average molecular weight is 624 g/mol. The van der Waals surface area contributed by atoms with E-state index in [1.54, 1.807) is 13.0 Å². The molecule has 2 amide bonds. The average Bonchev–Trinajstić information content (AvgIpc) is 3.54. The van der Waals surface area contributed by atoms with Gasteiger partial charge in [-0.15, -0.1) is 11.8 Å². The molecule has 3 N–H and O–H groups in total. The number of ether oxygens (including phenoxy) is 1. The van der Waals surface area contributed by atoms with Crippen LogP contribution in [0.4, 0.5) is 11.4 Å². The maximum Gasteiger partial charge on any atom is 0.363 e. The van der Waals surface area contributed by atoms with Crippen molar-refractivity contribution in [1.29, 1.82) is 0 Å².